The largest absolute Gasteiger partial charge is 0.336 e. The summed E-state index contributed by atoms with van der Waals surface area (Å²) in [5, 5.41) is 7.78. The van der Waals surface area contributed by atoms with Gasteiger partial charge in [-0.2, -0.15) is 0 Å². The molecule has 0 unspecified atom stereocenters. The zero-order chi connectivity index (χ0) is 13.1. The number of nitrogens with one attached hydrogen (secondary N) is 2. The first-order chi connectivity index (χ1) is 8.58. The highest BCUT2D eigenvalue weighted by atomic mass is 79.9. The van der Waals surface area contributed by atoms with Gasteiger partial charge < -0.3 is 10.6 Å². The van der Waals surface area contributed by atoms with Gasteiger partial charge in [-0.15, -0.1) is 0 Å². The van der Waals surface area contributed by atoms with E-state index in [1.807, 2.05) is 50.2 Å². The SMILES string of the molecule is CC(C)NC(=O)Nc1ccc(Br)c2ccccc12. The highest BCUT2D eigenvalue weighted by Gasteiger charge is 2.07. The number of hydrogen-bond acceptors (Lipinski definition) is 1. The summed E-state index contributed by atoms with van der Waals surface area (Å²) >= 11 is 3.51. The van der Waals surface area contributed by atoms with Crippen molar-refractivity contribution in [3.8, 4) is 0 Å². The maximum Gasteiger partial charge on any atom is 0.319 e. The third-order valence-corrected chi connectivity index (χ3v) is 3.23. The Balaban J connectivity index is 2.34. The van der Waals surface area contributed by atoms with Gasteiger partial charge in [0.1, 0.15) is 0 Å². The molecule has 2 rings (SSSR count). The van der Waals surface area contributed by atoms with E-state index in [0.29, 0.717) is 0 Å². The fourth-order valence-corrected chi connectivity index (χ4v) is 2.27. The van der Waals surface area contributed by atoms with Crippen LogP contribution in [0.15, 0.2) is 40.9 Å². The predicted octanol–water partition coefficient (Wildman–Crippen LogP) is 4.13. The van der Waals surface area contributed by atoms with E-state index in [1.54, 1.807) is 0 Å². The standard InChI is InChI=1S/C14H15BrN2O/c1-9(2)16-14(18)17-13-8-7-12(15)10-5-3-4-6-11(10)13/h3-9H,1-2H3,(H2,16,17,18). The molecule has 0 aliphatic rings. The molecule has 0 saturated heterocycles. The molecule has 0 aliphatic heterocycles. The summed E-state index contributed by atoms with van der Waals surface area (Å²) < 4.78 is 1.02. The first-order valence-corrected chi connectivity index (χ1v) is 6.62. The van der Waals surface area contributed by atoms with Gasteiger partial charge in [-0.3, -0.25) is 0 Å². The van der Waals surface area contributed by atoms with Crippen LogP contribution in [0.1, 0.15) is 13.8 Å². The van der Waals surface area contributed by atoms with Crippen LogP contribution in [0.2, 0.25) is 0 Å². The van der Waals surface area contributed by atoms with E-state index >= 15 is 0 Å². The molecule has 0 fully saturated rings. The molecule has 18 heavy (non-hydrogen) atoms. The zero-order valence-electron chi connectivity index (χ0n) is 10.3. The average molecular weight is 307 g/mol. The molecule has 4 heteroatoms. The highest BCUT2D eigenvalue weighted by molar-refractivity contribution is 9.10. The third kappa shape index (κ3) is 2.82. The van der Waals surface area contributed by atoms with Crippen LogP contribution in [-0.4, -0.2) is 12.1 Å². The number of halogens is 1. The van der Waals surface area contributed by atoms with Gasteiger partial charge >= 0.3 is 6.03 Å². The molecular weight excluding hydrogens is 292 g/mol. The summed E-state index contributed by atoms with van der Waals surface area (Å²) in [7, 11) is 0. The molecule has 0 atom stereocenters. The van der Waals surface area contributed by atoms with Gasteiger partial charge in [0, 0.05) is 15.9 Å². The lowest BCUT2D eigenvalue weighted by Gasteiger charge is -2.12. The van der Waals surface area contributed by atoms with E-state index in [4.69, 9.17) is 0 Å². The van der Waals surface area contributed by atoms with Crippen LogP contribution in [0, 0.1) is 0 Å². The molecule has 94 valence electrons. The van der Waals surface area contributed by atoms with Gasteiger partial charge in [0.05, 0.1) is 5.69 Å². The summed E-state index contributed by atoms with van der Waals surface area (Å²) in [6, 6.07) is 11.7. The summed E-state index contributed by atoms with van der Waals surface area (Å²) in [5.74, 6) is 0. The van der Waals surface area contributed by atoms with Gasteiger partial charge in [-0.05, 0) is 31.4 Å². The number of hydrogen-bond donors (Lipinski definition) is 2. The number of anilines is 1. The second kappa shape index (κ2) is 5.40. The van der Waals surface area contributed by atoms with Crippen LogP contribution in [0.4, 0.5) is 10.5 Å². The topological polar surface area (TPSA) is 41.1 Å². The monoisotopic (exact) mass is 306 g/mol. The third-order valence-electron chi connectivity index (χ3n) is 2.54. The highest BCUT2D eigenvalue weighted by Crippen LogP contribution is 2.29. The predicted molar refractivity (Wildman–Crippen MR) is 78.9 cm³/mol. The molecule has 0 aromatic heterocycles. The van der Waals surface area contributed by atoms with Crippen LogP contribution in [0.3, 0.4) is 0 Å². The molecule has 0 spiro atoms. The van der Waals surface area contributed by atoms with E-state index in [-0.39, 0.29) is 12.1 Å². The van der Waals surface area contributed by atoms with Crippen LogP contribution < -0.4 is 10.6 Å². The van der Waals surface area contributed by atoms with Crippen molar-refractivity contribution in [2.24, 2.45) is 0 Å². The van der Waals surface area contributed by atoms with Gasteiger partial charge in [-0.25, -0.2) is 4.79 Å². The number of benzene rings is 2. The van der Waals surface area contributed by atoms with Gasteiger partial charge in [0.2, 0.25) is 0 Å². The number of rotatable bonds is 2. The van der Waals surface area contributed by atoms with E-state index in [0.717, 1.165) is 20.9 Å². The number of carbonyl (C=O) groups excluding carboxylic acids is 1. The van der Waals surface area contributed by atoms with Gasteiger partial charge in [0.15, 0.2) is 0 Å². The number of carbonyl (C=O) groups is 1. The number of urea groups is 1. The first kappa shape index (κ1) is 12.9. The molecular formula is C14H15BrN2O. The smallest absolute Gasteiger partial charge is 0.319 e. The van der Waals surface area contributed by atoms with E-state index < -0.39 is 0 Å². The molecule has 0 bridgehead atoms. The van der Waals surface area contributed by atoms with Gasteiger partial charge in [-0.1, -0.05) is 40.2 Å². The average Bonchev–Trinajstić information content (AvgIpc) is 2.32. The van der Waals surface area contributed by atoms with Crippen molar-refractivity contribution in [3.05, 3.63) is 40.9 Å². The Morgan fingerprint density at radius 2 is 1.78 bits per heavy atom. The summed E-state index contributed by atoms with van der Waals surface area (Å²) in [6.45, 7) is 3.86. The van der Waals surface area contributed by atoms with Crippen LogP contribution in [0.25, 0.3) is 10.8 Å². The number of fused-ring (bicyclic) bond motifs is 1. The first-order valence-electron chi connectivity index (χ1n) is 5.82. The molecule has 0 saturated carbocycles. The lowest BCUT2D eigenvalue weighted by molar-refractivity contribution is 0.250. The normalized spacial score (nSPS) is 10.7. The Bertz CT molecular complexity index is 581. The lowest BCUT2D eigenvalue weighted by Crippen LogP contribution is -2.34. The Morgan fingerprint density at radius 1 is 1.11 bits per heavy atom. The molecule has 2 aromatic carbocycles. The van der Waals surface area contributed by atoms with Crippen molar-refractivity contribution in [1.82, 2.24) is 5.32 Å². The maximum absolute atomic E-state index is 11.7. The molecule has 0 aliphatic carbocycles. The van der Waals surface area contributed by atoms with Crippen molar-refractivity contribution < 1.29 is 4.79 Å². The summed E-state index contributed by atoms with van der Waals surface area (Å²) in [4.78, 5) is 11.7. The Hall–Kier alpha value is -1.55. The fraction of sp³-hybridized carbons (Fsp3) is 0.214. The molecule has 2 N–H and O–H groups in total. The molecule has 0 heterocycles. The minimum absolute atomic E-state index is 0.117. The maximum atomic E-state index is 11.7. The Labute approximate surface area is 115 Å². The van der Waals surface area contributed by atoms with Crippen molar-refractivity contribution in [2.75, 3.05) is 5.32 Å². The molecule has 0 radical (unpaired) electrons. The minimum Gasteiger partial charge on any atom is -0.336 e. The lowest BCUT2D eigenvalue weighted by atomic mass is 10.1. The second-order valence-electron chi connectivity index (χ2n) is 4.39. The quantitative estimate of drug-likeness (QED) is 0.860. The van der Waals surface area contributed by atoms with Crippen molar-refractivity contribution >= 4 is 38.4 Å². The van der Waals surface area contributed by atoms with Crippen LogP contribution in [-0.2, 0) is 0 Å². The number of amides is 2. The minimum atomic E-state index is -0.183. The van der Waals surface area contributed by atoms with Gasteiger partial charge in [0.25, 0.3) is 0 Å². The van der Waals surface area contributed by atoms with Crippen LogP contribution >= 0.6 is 15.9 Å². The van der Waals surface area contributed by atoms with Crippen molar-refractivity contribution in [3.63, 3.8) is 0 Å². The zero-order valence-corrected chi connectivity index (χ0v) is 11.9. The fourth-order valence-electron chi connectivity index (χ4n) is 1.79. The molecule has 3 nitrogen and oxygen atoms in total. The van der Waals surface area contributed by atoms with E-state index in [2.05, 4.69) is 26.6 Å². The summed E-state index contributed by atoms with van der Waals surface area (Å²) in [5.41, 5.74) is 0.812. The molecule has 2 aromatic rings. The Kier molecular flexibility index (Phi) is 3.87. The van der Waals surface area contributed by atoms with Crippen molar-refractivity contribution in [2.45, 2.75) is 19.9 Å². The van der Waals surface area contributed by atoms with Crippen LogP contribution in [0.5, 0.6) is 0 Å². The Morgan fingerprint density at radius 3 is 2.44 bits per heavy atom. The van der Waals surface area contributed by atoms with E-state index in [9.17, 15) is 4.79 Å². The second-order valence-corrected chi connectivity index (χ2v) is 5.25. The summed E-state index contributed by atoms with van der Waals surface area (Å²) in [6.07, 6.45) is 0. The molecule has 2 amide bonds. The van der Waals surface area contributed by atoms with E-state index in [1.165, 1.54) is 0 Å². The van der Waals surface area contributed by atoms with Crippen molar-refractivity contribution in [1.29, 1.82) is 0 Å².